The van der Waals surface area contributed by atoms with E-state index in [4.69, 9.17) is 0 Å². The van der Waals surface area contributed by atoms with Gasteiger partial charge in [-0.3, -0.25) is 9.89 Å². The third kappa shape index (κ3) is 4.37. The number of nitrogens with one attached hydrogen (secondary N) is 2. The lowest BCUT2D eigenvalue weighted by atomic mass is 9.79. The van der Waals surface area contributed by atoms with Crippen LogP contribution in [-0.2, 0) is 13.6 Å². The summed E-state index contributed by atoms with van der Waals surface area (Å²) in [5, 5.41) is 15.3. The molecule has 2 N–H and O–H groups in total. The Balaban J connectivity index is 1.58. The van der Waals surface area contributed by atoms with Crippen molar-refractivity contribution in [3.05, 3.63) is 11.6 Å². The highest BCUT2D eigenvalue weighted by Gasteiger charge is 2.38. The summed E-state index contributed by atoms with van der Waals surface area (Å²) in [5.74, 6) is 2.71. The van der Waals surface area contributed by atoms with Crippen molar-refractivity contribution in [1.82, 2.24) is 30.3 Å². The molecule has 0 amide bonds. The van der Waals surface area contributed by atoms with Gasteiger partial charge in [-0.1, -0.05) is 25.7 Å². The number of hydrogen-bond acceptors (Lipinski definition) is 4. The summed E-state index contributed by atoms with van der Waals surface area (Å²) < 4.78 is 2.01. The monoisotopic (exact) mass is 361 g/mol. The summed E-state index contributed by atoms with van der Waals surface area (Å²) in [6, 6.07) is 0. The molecule has 2 fully saturated rings. The molecule has 3 rings (SSSR count). The molecule has 0 radical (unpaired) electrons. The smallest absolute Gasteiger partial charge is 0.191 e. The van der Waals surface area contributed by atoms with E-state index in [0.29, 0.717) is 12.1 Å². The van der Waals surface area contributed by atoms with Gasteiger partial charge in [0.05, 0.1) is 6.54 Å². The van der Waals surface area contributed by atoms with Gasteiger partial charge in [-0.25, -0.2) is 0 Å². The van der Waals surface area contributed by atoms with E-state index in [1.54, 1.807) is 0 Å². The second-order valence-electron chi connectivity index (χ2n) is 7.83. The van der Waals surface area contributed by atoms with Crippen molar-refractivity contribution in [2.24, 2.45) is 12.0 Å². The Bertz CT molecular complexity index is 595. The Hall–Kier alpha value is -1.63. The summed E-state index contributed by atoms with van der Waals surface area (Å²) in [5.41, 5.74) is 0.303. The van der Waals surface area contributed by atoms with Crippen LogP contribution >= 0.6 is 0 Å². The van der Waals surface area contributed by atoms with E-state index in [9.17, 15) is 0 Å². The highest BCUT2D eigenvalue weighted by atomic mass is 15.3. The summed E-state index contributed by atoms with van der Waals surface area (Å²) in [7, 11) is 3.83. The molecule has 0 bridgehead atoms. The maximum absolute atomic E-state index is 4.42. The van der Waals surface area contributed by atoms with Crippen molar-refractivity contribution in [3.8, 4) is 0 Å². The zero-order chi connectivity index (χ0) is 18.4. The van der Waals surface area contributed by atoms with E-state index in [2.05, 4.69) is 30.7 Å². The lowest BCUT2D eigenvalue weighted by molar-refractivity contribution is 0.0368. The second-order valence-corrected chi connectivity index (χ2v) is 7.83. The van der Waals surface area contributed by atoms with Gasteiger partial charge in [0.15, 0.2) is 11.8 Å². The van der Waals surface area contributed by atoms with Gasteiger partial charge in [0, 0.05) is 26.2 Å². The van der Waals surface area contributed by atoms with Gasteiger partial charge in [-0.05, 0) is 45.7 Å². The average molecular weight is 362 g/mol. The van der Waals surface area contributed by atoms with E-state index < -0.39 is 0 Å². The molecular formula is C19H35N7. The maximum atomic E-state index is 4.42. The Morgan fingerprint density at radius 3 is 2.35 bits per heavy atom. The van der Waals surface area contributed by atoms with Crippen LogP contribution in [0.5, 0.6) is 0 Å². The van der Waals surface area contributed by atoms with Crippen molar-refractivity contribution < 1.29 is 0 Å². The van der Waals surface area contributed by atoms with Crippen molar-refractivity contribution >= 4 is 5.96 Å². The molecule has 1 aromatic heterocycles. The van der Waals surface area contributed by atoms with Crippen LogP contribution in [0.2, 0.25) is 0 Å². The van der Waals surface area contributed by atoms with Crippen LogP contribution in [0.1, 0.15) is 63.0 Å². The summed E-state index contributed by atoms with van der Waals surface area (Å²) in [6.45, 7) is 6.09. The fourth-order valence-corrected chi connectivity index (χ4v) is 4.42. The van der Waals surface area contributed by atoms with Crippen LogP contribution in [0.3, 0.4) is 0 Å². The van der Waals surface area contributed by atoms with Crippen molar-refractivity contribution in [2.45, 2.75) is 70.4 Å². The lowest BCUT2D eigenvalue weighted by Gasteiger charge is -2.48. The Kier molecular flexibility index (Phi) is 6.51. The molecule has 1 aliphatic heterocycles. The van der Waals surface area contributed by atoms with Crippen LogP contribution in [0.15, 0.2) is 4.99 Å². The molecule has 0 unspecified atom stereocenters. The number of guanidine groups is 1. The van der Waals surface area contributed by atoms with Gasteiger partial charge in [0.1, 0.15) is 5.82 Å². The van der Waals surface area contributed by atoms with Gasteiger partial charge >= 0.3 is 0 Å². The Labute approximate surface area is 157 Å². The van der Waals surface area contributed by atoms with Crippen LogP contribution in [0.4, 0.5) is 0 Å². The molecule has 1 saturated carbocycles. The fourth-order valence-electron chi connectivity index (χ4n) is 4.42. The van der Waals surface area contributed by atoms with E-state index in [1.165, 1.54) is 64.5 Å². The predicted octanol–water partition coefficient (Wildman–Crippen LogP) is 1.98. The van der Waals surface area contributed by atoms with Gasteiger partial charge in [0.25, 0.3) is 0 Å². The molecule has 0 spiro atoms. The SMILES string of the molecule is CN=C(NCc1nnc(C)n1C)NCC1(N2CCCCC2)CCCCC1. The third-order valence-corrected chi connectivity index (χ3v) is 6.22. The highest BCUT2D eigenvalue weighted by Crippen LogP contribution is 2.35. The quantitative estimate of drug-likeness (QED) is 0.620. The molecule has 7 heteroatoms. The highest BCUT2D eigenvalue weighted by molar-refractivity contribution is 5.79. The van der Waals surface area contributed by atoms with Gasteiger partial charge in [-0.2, -0.15) is 0 Å². The first-order valence-electron chi connectivity index (χ1n) is 10.2. The molecule has 1 aromatic rings. The lowest BCUT2D eigenvalue weighted by Crippen LogP contribution is -2.59. The molecule has 26 heavy (non-hydrogen) atoms. The number of likely N-dealkylation sites (tertiary alicyclic amines) is 1. The first-order valence-corrected chi connectivity index (χ1v) is 10.2. The first-order chi connectivity index (χ1) is 12.6. The van der Waals surface area contributed by atoms with Crippen molar-refractivity contribution in [2.75, 3.05) is 26.7 Å². The topological polar surface area (TPSA) is 70.4 Å². The van der Waals surface area contributed by atoms with Crippen molar-refractivity contribution in [3.63, 3.8) is 0 Å². The van der Waals surface area contributed by atoms with Crippen LogP contribution in [0.25, 0.3) is 0 Å². The van der Waals surface area contributed by atoms with E-state index in [0.717, 1.165) is 24.2 Å². The minimum absolute atomic E-state index is 0.303. The molecule has 2 aliphatic rings. The Morgan fingerprint density at radius 2 is 1.73 bits per heavy atom. The van der Waals surface area contributed by atoms with Gasteiger partial charge < -0.3 is 15.2 Å². The third-order valence-electron chi connectivity index (χ3n) is 6.22. The van der Waals surface area contributed by atoms with Crippen LogP contribution in [0, 0.1) is 6.92 Å². The number of nitrogens with zero attached hydrogens (tertiary/aromatic N) is 5. The van der Waals surface area contributed by atoms with Gasteiger partial charge in [-0.15, -0.1) is 10.2 Å². The number of hydrogen-bond donors (Lipinski definition) is 2. The van der Waals surface area contributed by atoms with Crippen molar-refractivity contribution in [1.29, 1.82) is 0 Å². The molecule has 0 atom stereocenters. The normalized spacial score (nSPS) is 21.6. The molecule has 0 aromatic carbocycles. The van der Waals surface area contributed by atoms with E-state index in [-0.39, 0.29) is 0 Å². The molecule has 2 heterocycles. The summed E-state index contributed by atoms with van der Waals surface area (Å²) in [4.78, 5) is 7.18. The predicted molar refractivity (Wildman–Crippen MR) is 105 cm³/mol. The van der Waals surface area contributed by atoms with E-state index >= 15 is 0 Å². The number of aromatic nitrogens is 3. The summed E-state index contributed by atoms with van der Waals surface area (Å²) >= 11 is 0. The molecular weight excluding hydrogens is 326 g/mol. The first kappa shape index (κ1) is 19.1. The largest absolute Gasteiger partial charge is 0.355 e. The molecule has 7 nitrogen and oxygen atoms in total. The summed E-state index contributed by atoms with van der Waals surface area (Å²) in [6.07, 6.45) is 10.8. The van der Waals surface area contributed by atoms with Gasteiger partial charge in [0.2, 0.25) is 0 Å². The number of aliphatic imine (C=N–C) groups is 1. The second kappa shape index (κ2) is 8.84. The minimum Gasteiger partial charge on any atom is -0.355 e. The molecule has 1 aliphatic carbocycles. The zero-order valence-corrected chi connectivity index (χ0v) is 16.7. The number of aryl methyl sites for hydroxylation is 1. The Morgan fingerprint density at radius 1 is 1.04 bits per heavy atom. The molecule has 1 saturated heterocycles. The number of piperidine rings is 1. The van der Waals surface area contributed by atoms with Crippen LogP contribution < -0.4 is 10.6 Å². The molecule has 146 valence electrons. The number of rotatable bonds is 5. The fraction of sp³-hybridized carbons (Fsp3) is 0.842. The maximum Gasteiger partial charge on any atom is 0.191 e. The van der Waals surface area contributed by atoms with Crippen LogP contribution in [-0.4, -0.2) is 57.8 Å². The standard InChI is InChI=1S/C19H35N7/c1-16-23-24-17(25(16)3)14-21-18(20-2)22-15-19(10-6-4-7-11-19)26-12-8-5-9-13-26/h4-15H2,1-3H3,(H2,20,21,22). The van der Waals surface area contributed by atoms with E-state index in [1.807, 2.05) is 25.6 Å². The average Bonchev–Trinajstić information content (AvgIpc) is 3.01. The zero-order valence-electron chi connectivity index (χ0n) is 16.7. The minimum atomic E-state index is 0.303.